The summed E-state index contributed by atoms with van der Waals surface area (Å²) in [5.41, 5.74) is 1.03. The Morgan fingerprint density at radius 2 is 1.82 bits per heavy atom. The average Bonchev–Trinajstić information content (AvgIpc) is 2.87. The van der Waals surface area contributed by atoms with E-state index in [2.05, 4.69) is 44.7 Å². The van der Waals surface area contributed by atoms with Gasteiger partial charge in [-0.05, 0) is 43.9 Å². The molecule has 5 heteroatoms. The van der Waals surface area contributed by atoms with Crippen molar-refractivity contribution in [2.45, 2.75) is 45.2 Å². The Morgan fingerprint density at radius 3 is 2.36 bits per heavy atom. The molecular weight excluding hydrogens is 296 g/mol. The highest BCUT2D eigenvalue weighted by molar-refractivity contribution is 8.00. The molecule has 0 N–H and O–H groups in total. The number of oxime groups is 1. The lowest BCUT2D eigenvalue weighted by atomic mass is 9.63. The van der Waals surface area contributed by atoms with Crippen LogP contribution in [0.5, 0.6) is 5.75 Å². The molecule has 0 bridgehead atoms. The molecule has 0 spiro atoms. The maximum Gasteiger partial charge on any atom is 0.266 e. The molecule has 0 saturated carbocycles. The van der Waals surface area contributed by atoms with Crippen LogP contribution < -0.4 is 4.74 Å². The molecule has 1 saturated heterocycles. The number of benzene rings is 1. The second-order valence-corrected chi connectivity index (χ2v) is 8.19. The number of rotatable bonds is 4. The zero-order valence-corrected chi connectivity index (χ0v) is 15.0. The topological polar surface area (TPSA) is 34.1 Å². The Hall–Kier alpha value is -1.36. The van der Waals surface area contributed by atoms with Crippen molar-refractivity contribution in [1.29, 1.82) is 0 Å². The van der Waals surface area contributed by atoms with E-state index >= 15 is 0 Å². The normalized spacial score (nSPS) is 27.5. The number of amidine groups is 1. The fourth-order valence-electron chi connectivity index (χ4n) is 3.35. The zero-order chi connectivity index (χ0) is 16.2. The fourth-order valence-corrected chi connectivity index (χ4v) is 4.89. The van der Waals surface area contributed by atoms with Gasteiger partial charge in [0.15, 0.2) is 5.84 Å². The molecule has 22 heavy (non-hydrogen) atoms. The van der Waals surface area contributed by atoms with Gasteiger partial charge in [-0.15, -0.1) is 0 Å². The number of thioether (sulfide) groups is 1. The molecule has 1 unspecified atom stereocenters. The SMILES string of the molecule is CCSC12ON=C(c3ccc(OC)cc3)N1C(C)(C)C2(C)C. The van der Waals surface area contributed by atoms with Gasteiger partial charge in [-0.25, -0.2) is 0 Å². The zero-order valence-electron chi connectivity index (χ0n) is 14.1. The molecule has 0 radical (unpaired) electrons. The Balaban J connectivity index is 1.99. The Bertz CT molecular complexity index is 610. The van der Waals surface area contributed by atoms with Crippen LogP contribution in [0, 0.1) is 5.41 Å². The molecule has 1 aromatic rings. The van der Waals surface area contributed by atoms with Gasteiger partial charge < -0.3 is 9.57 Å². The van der Waals surface area contributed by atoms with Crippen molar-refractivity contribution in [1.82, 2.24) is 4.90 Å². The van der Waals surface area contributed by atoms with E-state index in [0.717, 1.165) is 22.9 Å². The van der Waals surface area contributed by atoms with Gasteiger partial charge in [0.05, 0.1) is 18.1 Å². The molecule has 0 aliphatic carbocycles. The number of hydrogen-bond acceptors (Lipinski definition) is 5. The van der Waals surface area contributed by atoms with E-state index in [1.54, 1.807) is 7.11 Å². The summed E-state index contributed by atoms with van der Waals surface area (Å²) in [6, 6.07) is 8.00. The largest absolute Gasteiger partial charge is 0.497 e. The van der Waals surface area contributed by atoms with Crippen molar-refractivity contribution in [2.24, 2.45) is 10.6 Å². The first-order valence-corrected chi connectivity index (χ1v) is 8.65. The maximum atomic E-state index is 6.00. The van der Waals surface area contributed by atoms with Crippen LogP contribution in [0.4, 0.5) is 0 Å². The van der Waals surface area contributed by atoms with Crippen LogP contribution in [0.25, 0.3) is 0 Å². The van der Waals surface area contributed by atoms with Gasteiger partial charge in [-0.2, -0.15) is 0 Å². The highest BCUT2D eigenvalue weighted by Gasteiger charge is 2.76. The smallest absolute Gasteiger partial charge is 0.266 e. The second kappa shape index (κ2) is 4.82. The fraction of sp³-hybridized carbons (Fsp3) is 0.588. The predicted octanol–water partition coefficient (Wildman–Crippen LogP) is 3.91. The first-order valence-electron chi connectivity index (χ1n) is 7.66. The molecule has 1 atom stereocenters. The minimum Gasteiger partial charge on any atom is -0.497 e. The average molecular weight is 320 g/mol. The van der Waals surface area contributed by atoms with E-state index in [9.17, 15) is 0 Å². The molecule has 4 nitrogen and oxygen atoms in total. The predicted molar refractivity (Wildman–Crippen MR) is 91.2 cm³/mol. The molecule has 2 heterocycles. The van der Waals surface area contributed by atoms with Gasteiger partial charge >= 0.3 is 0 Å². The van der Waals surface area contributed by atoms with Crippen molar-refractivity contribution in [2.75, 3.05) is 12.9 Å². The molecular formula is C17H24N2O2S. The lowest BCUT2D eigenvalue weighted by Gasteiger charge is -2.69. The minimum atomic E-state index is -0.402. The first-order chi connectivity index (χ1) is 10.3. The number of fused-ring (bicyclic) bond motifs is 1. The van der Waals surface area contributed by atoms with Crippen LogP contribution in [-0.4, -0.2) is 34.2 Å². The van der Waals surface area contributed by atoms with Crippen LogP contribution in [0.2, 0.25) is 0 Å². The summed E-state index contributed by atoms with van der Waals surface area (Å²) in [7, 11) is 1.68. The highest BCUT2D eigenvalue weighted by atomic mass is 32.2. The highest BCUT2D eigenvalue weighted by Crippen LogP contribution is 2.66. The summed E-state index contributed by atoms with van der Waals surface area (Å²) >= 11 is 1.82. The van der Waals surface area contributed by atoms with Gasteiger partial charge in [0.2, 0.25) is 0 Å². The first kappa shape index (κ1) is 15.5. The van der Waals surface area contributed by atoms with Gasteiger partial charge in [0, 0.05) is 5.56 Å². The Labute approximate surface area is 136 Å². The molecule has 3 rings (SSSR count). The lowest BCUT2D eigenvalue weighted by molar-refractivity contribution is -0.257. The van der Waals surface area contributed by atoms with Crippen molar-refractivity contribution in [3.05, 3.63) is 29.8 Å². The third kappa shape index (κ3) is 1.69. The molecule has 0 aromatic heterocycles. The summed E-state index contributed by atoms with van der Waals surface area (Å²) in [5.74, 6) is 2.75. The molecule has 120 valence electrons. The Morgan fingerprint density at radius 1 is 1.18 bits per heavy atom. The molecule has 2 aliphatic heterocycles. The number of methoxy groups -OCH3 is 1. The Kier molecular flexibility index (Phi) is 3.40. The van der Waals surface area contributed by atoms with Crippen molar-refractivity contribution >= 4 is 17.6 Å². The van der Waals surface area contributed by atoms with Crippen molar-refractivity contribution < 1.29 is 9.57 Å². The van der Waals surface area contributed by atoms with E-state index < -0.39 is 5.06 Å². The molecule has 2 aliphatic rings. The van der Waals surface area contributed by atoms with E-state index in [0.29, 0.717) is 0 Å². The molecule has 1 fully saturated rings. The summed E-state index contributed by atoms with van der Waals surface area (Å²) in [6.45, 7) is 11.2. The monoisotopic (exact) mass is 320 g/mol. The van der Waals surface area contributed by atoms with E-state index in [-0.39, 0.29) is 11.0 Å². The van der Waals surface area contributed by atoms with Crippen LogP contribution in [0.3, 0.4) is 0 Å². The van der Waals surface area contributed by atoms with Crippen LogP contribution in [0.15, 0.2) is 29.4 Å². The summed E-state index contributed by atoms with van der Waals surface area (Å²) in [4.78, 5) is 8.33. The van der Waals surface area contributed by atoms with Crippen LogP contribution >= 0.6 is 11.8 Å². The quantitative estimate of drug-likeness (QED) is 0.842. The van der Waals surface area contributed by atoms with Gasteiger partial charge in [0.1, 0.15) is 5.75 Å². The van der Waals surface area contributed by atoms with Gasteiger partial charge in [-0.3, -0.25) is 4.90 Å². The molecule has 1 aromatic carbocycles. The summed E-state index contributed by atoms with van der Waals surface area (Å²) in [6.07, 6.45) is 0. The van der Waals surface area contributed by atoms with E-state index in [1.165, 1.54) is 0 Å². The van der Waals surface area contributed by atoms with Gasteiger partial charge in [-0.1, -0.05) is 37.7 Å². The number of nitrogens with zero attached hydrogens (tertiary/aromatic N) is 2. The summed E-state index contributed by atoms with van der Waals surface area (Å²) < 4.78 is 5.24. The second-order valence-electron chi connectivity index (χ2n) is 6.77. The van der Waals surface area contributed by atoms with Crippen LogP contribution in [-0.2, 0) is 4.84 Å². The minimum absolute atomic E-state index is 0.00159. The third-order valence-corrected chi connectivity index (χ3v) is 6.78. The van der Waals surface area contributed by atoms with E-state index in [4.69, 9.17) is 9.57 Å². The van der Waals surface area contributed by atoms with E-state index in [1.807, 2.05) is 36.0 Å². The number of hydrogen-bond donors (Lipinski definition) is 0. The maximum absolute atomic E-state index is 6.00. The number of ether oxygens (including phenoxy) is 1. The standard InChI is InChI=1S/C17H24N2O2S/c1-7-22-17-15(2,3)16(4,5)19(17)14(18-21-17)12-8-10-13(20-6)11-9-12/h8-11H,7H2,1-6H3. The van der Waals surface area contributed by atoms with Crippen LogP contribution in [0.1, 0.15) is 40.2 Å². The van der Waals surface area contributed by atoms with Crippen molar-refractivity contribution in [3.8, 4) is 5.75 Å². The van der Waals surface area contributed by atoms with Crippen molar-refractivity contribution in [3.63, 3.8) is 0 Å². The summed E-state index contributed by atoms with van der Waals surface area (Å²) in [5, 5.41) is 4.05. The third-order valence-electron chi connectivity index (χ3n) is 5.33. The van der Waals surface area contributed by atoms with Gasteiger partial charge in [0.25, 0.3) is 5.06 Å². The molecule has 0 amide bonds. The lowest BCUT2D eigenvalue weighted by Crippen LogP contribution is -2.81.